The van der Waals surface area contributed by atoms with Crippen molar-refractivity contribution >= 4 is 17.5 Å². The second-order valence-corrected chi connectivity index (χ2v) is 6.85. The van der Waals surface area contributed by atoms with Crippen LogP contribution in [0, 0.1) is 23.1 Å². The molecule has 0 unspecified atom stereocenters. The number of aliphatic hydroxyl groups is 1. The summed E-state index contributed by atoms with van der Waals surface area (Å²) in [5.74, 6) is 0.936. The molecule has 0 aliphatic heterocycles. The minimum atomic E-state index is -0.576. The van der Waals surface area contributed by atoms with Crippen LogP contribution in [0.2, 0.25) is 0 Å². The Hall–Kier alpha value is -2.72. The van der Waals surface area contributed by atoms with Crippen LogP contribution >= 0.6 is 0 Å². The minimum Gasteiger partial charge on any atom is -0.394 e. The number of rotatable bonds is 7. The Morgan fingerprint density at radius 3 is 2.73 bits per heavy atom. The van der Waals surface area contributed by atoms with E-state index in [0.717, 1.165) is 18.5 Å². The average Bonchev–Trinajstić information content (AvgIpc) is 3.44. The Kier molecular flexibility index (Phi) is 5.33. The largest absolute Gasteiger partial charge is 0.394 e. The molecule has 1 saturated carbocycles. The summed E-state index contributed by atoms with van der Waals surface area (Å²) in [6.07, 6.45) is 2.15. The molecule has 1 aromatic carbocycles. The van der Waals surface area contributed by atoms with Crippen LogP contribution in [0.5, 0.6) is 0 Å². The Bertz CT molecular complexity index is 829. The zero-order chi connectivity index (χ0) is 18.7. The van der Waals surface area contributed by atoms with Gasteiger partial charge in [-0.3, -0.25) is 0 Å². The summed E-state index contributed by atoms with van der Waals surface area (Å²) < 4.78 is 13.8. The highest BCUT2D eigenvalue weighted by atomic mass is 19.1. The van der Waals surface area contributed by atoms with E-state index >= 15 is 0 Å². The fourth-order valence-corrected chi connectivity index (χ4v) is 2.65. The number of nitrogens with zero attached hydrogens (tertiary/aromatic N) is 3. The summed E-state index contributed by atoms with van der Waals surface area (Å²) in [6.45, 7) is 3.98. The van der Waals surface area contributed by atoms with Crippen LogP contribution in [0.25, 0.3) is 0 Å². The molecular formula is C19H22FN5O. The minimum absolute atomic E-state index is 0.0279. The van der Waals surface area contributed by atoms with E-state index in [2.05, 4.69) is 20.6 Å². The second-order valence-electron chi connectivity index (χ2n) is 6.85. The van der Waals surface area contributed by atoms with E-state index in [1.54, 1.807) is 12.1 Å². The predicted octanol–water partition coefficient (Wildman–Crippen LogP) is 3.54. The maximum absolute atomic E-state index is 13.8. The van der Waals surface area contributed by atoms with Gasteiger partial charge in [0.05, 0.1) is 24.0 Å². The second kappa shape index (κ2) is 7.67. The van der Waals surface area contributed by atoms with Crippen molar-refractivity contribution in [1.82, 2.24) is 9.97 Å². The first-order chi connectivity index (χ1) is 12.5. The molecule has 0 saturated heterocycles. The lowest BCUT2D eigenvalue weighted by atomic mass is 10.1. The lowest BCUT2D eigenvalue weighted by molar-refractivity contribution is 0.248. The van der Waals surface area contributed by atoms with E-state index in [1.165, 1.54) is 6.07 Å². The van der Waals surface area contributed by atoms with Crippen molar-refractivity contribution < 1.29 is 9.50 Å². The topological polar surface area (TPSA) is 93.9 Å². The van der Waals surface area contributed by atoms with Crippen molar-refractivity contribution in [1.29, 1.82) is 5.26 Å². The molecule has 0 amide bonds. The molecule has 1 aliphatic carbocycles. The van der Waals surface area contributed by atoms with Crippen LogP contribution in [0.15, 0.2) is 24.3 Å². The summed E-state index contributed by atoms with van der Waals surface area (Å²) in [5, 5.41) is 24.9. The third-order valence-corrected chi connectivity index (χ3v) is 4.45. The number of hydrogen-bond acceptors (Lipinski definition) is 6. The fraction of sp³-hybridized carbons (Fsp3) is 0.421. The number of anilines is 3. The van der Waals surface area contributed by atoms with Crippen molar-refractivity contribution in [3.63, 3.8) is 0 Å². The number of aliphatic hydroxyl groups excluding tert-OH is 1. The van der Waals surface area contributed by atoms with Crippen LogP contribution < -0.4 is 10.6 Å². The van der Waals surface area contributed by atoms with Gasteiger partial charge in [-0.25, -0.2) is 9.37 Å². The number of halogens is 1. The first-order valence-electron chi connectivity index (χ1n) is 8.73. The number of nitrogens with one attached hydrogen (secondary N) is 2. The Labute approximate surface area is 152 Å². The monoisotopic (exact) mass is 355 g/mol. The summed E-state index contributed by atoms with van der Waals surface area (Å²) in [6, 6.07) is 7.97. The molecule has 0 bridgehead atoms. The van der Waals surface area contributed by atoms with Crippen LogP contribution in [-0.4, -0.2) is 27.7 Å². The number of hydrogen-bond donors (Lipinski definition) is 3. The van der Waals surface area contributed by atoms with Gasteiger partial charge in [0, 0.05) is 12.0 Å². The molecule has 0 spiro atoms. The molecule has 26 heavy (non-hydrogen) atoms. The lowest BCUT2D eigenvalue weighted by Gasteiger charge is -2.20. The average molecular weight is 355 g/mol. The Morgan fingerprint density at radius 2 is 2.12 bits per heavy atom. The van der Waals surface area contributed by atoms with E-state index < -0.39 is 5.82 Å². The van der Waals surface area contributed by atoms with Gasteiger partial charge in [0.15, 0.2) is 0 Å². The number of aromatic nitrogens is 2. The van der Waals surface area contributed by atoms with Crippen molar-refractivity contribution in [2.45, 2.75) is 38.6 Å². The van der Waals surface area contributed by atoms with Gasteiger partial charge >= 0.3 is 0 Å². The van der Waals surface area contributed by atoms with Gasteiger partial charge in [0.2, 0.25) is 5.95 Å². The molecule has 1 aromatic heterocycles. The standard InChI is InChI=1S/C19H22FN5O/c1-11(2)17(10-26)24-19-23-16(12-6-7-12)8-18(25-19)22-15-5-3-4-14(20)13(15)9-21/h3-5,8,11-12,17,26H,6-7,10H2,1-2H3,(H2,22,23,24,25)/t17-/m0/s1. The predicted molar refractivity (Wildman–Crippen MR) is 97.7 cm³/mol. The molecule has 1 heterocycles. The maximum atomic E-state index is 13.8. The molecule has 3 rings (SSSR count). The van der Waals surface area contributed by atoms with Gasteiger partial charge in [-0.1, -0.05) is 19.9 Å². The Balaban J connectivity index is 1.92. The van der Waals surface area contributed by atoms with Crippen LogP contribution in [0.3, 0.4) is 0 Å². The molecule has 6 nitrogen and oxygen atoms in total. The number of benzene rings is 1. The highest BCUT2D eigenvalue weighted by Crippen LogP contribution is 2.40. The third-order valence-electron chi connectivity index (χ3n) is 4.45. The SMILES string of the molecule is CC(C)[C@H](CO)Nc1nc(Nc2cccc(F)c2C#N)cc(C2CC2)n1. The maximum Gasteiger partial charge on any atom is 0.225 e. The van der Waals surface area contributed by atoms with Crippen molar-refractivity contribution in [3.05, 3.63) is 41.3 Å². The zero-order valence-electron chi connectivity index (χ0n) is 14.8. The first kappa shape index (κ1) is 18.1. The molecule has 2 aromatic rings. The third kappa shape index (κ3) is 4.09. The fourth-order valence-electron chi connectivity index (χ4n) is 2.65. The summed E-state index contributed by atoms with van der Waals surface area (Å²) in [5.41, 5.74) is 1.21. The van der Waals surface area contributed by atoms with E-state index in [4.69, 9.17) is 0 Å². The van der Waals surface area contributed by atoms with Crippen LogP contribution in [0.1, 0.15) is 43.9 Å². The molecule has 1 fully saturated rings. The molecule has 136 valence electrons. The molecule has 0 radical (unpaired) electrons. The lowest BCUT2D eigenvalue weighted by Crippen LogP contribution is -2.30. The summed E-state index contributed by atoms with van der Waals surface area (Å²) in [7, 11) is 0. The van der Waals surface area contributed by atoms with E-state index in [0.29, 0.717) is 23.4 Å². The van der Waals surface area contributed by atoms with E-state index in [-0.39, 0.29) is 24.1 Å². The highest BCUT2D eigenvalue weighted by Gasteiger charge is 2.27. The van der Waals surface area contributed by atoms with Gasteiger partial charge in [0.1, 0.15) is 23.3 Å². The van der Waals surface area contributed by atoms with Gasteiger partial charge in [0.25, 0.3) is 0 Å². The van der Waals surface area contributed by atoms with Gasteiger partial charge in [-0.15, -0.1) is 0 Å². The van der Waals surface area contributed by atoms with Crippen molar-refractivity contribution in [2.75, 3.05) is 17.2 Å². The molecule has 1 atom stereocenters. The molecule has 7 heteroatoms. The molecule has 3 N–H and O–H groups in total. The normalized spacial score (nSPS) is 14.8. The quantitative estimate of drug-likeness (QED) is 0.703. The molecular weight excluding hydrogens is 333 g/mol. The summed E-state index contributed by atoms with van der Waals surface area (Å²) >= 11 is 0. The van der Waals surface area contributed by atoms with Crippen molar-refractivity contribution in [3.8, 4) is 6.07 Å². The van der Waals surface area contributed by atoms with Crippen molar-refractivity contribution in [2.24, 2.45) is 5.92 Å². The van der Waals surface area contributed by atoms with Crippen LogP contribution in [-0.2, 0) is 0 Å². The molecule has 1 aliphatic rings. The van der Waals surface area contributed by atoms with Crippen LogP contribution in [0.4, 0.5) is 21.8 Å². The van der Waals surface area contributed by atoms with E-state index in [9.17, 15) is 14.8 Å². The van der Waals surface area contributed by atoms with Gasteiger partial charge in [-0.2, -0.15) is 10.2 Å². The van der Waals surface area contributed by atoms with E-state index in [1.807, 2.05) is 26.0 Å². The highest BCUT2D eigenvalue weighted by molar-refractivity contribution is 5.65. The van der Waals surface area contributed by atoms with Gasteiger partial charge < -0.3 is 15.7 Å². The smallest absolute Gasteiger partial charge is 0.225 e. The van der Waals surface area contributed by atoms with Gasteiger partial charge in [-0.05, 0) is 30.9 Å². The Morgan fingerprint density at radius 1 is 1.35 bits per heavy atom. The number of nitriles is 1. The summed E-state index contributed by atoms with van der Waals surface area (Å²) in [4.78, 5) is 8.99. The first-order valence-corrected chi connectivity index (χ1v) is 8.73. The zero-order valence-corrected chi connectivity index (χ0v) is 14.8.